The Morgan fingerprint density at radius 1 is 1.33 bits per heavy atom. The van der Waals surface area contributed by atoms with Crippen LogP contribution in [0.4, 0.5) is 5.69 Å². The molecule has 0 aliphatic carbocycles. The highest BCUT2D eigenvalue weighted by Gasteiger charge is 2.11. The van der Waals surface area contributed by atoms with Crippen molar-refractivity contribution >= 4 is 11.6 Å². The number of anilines is 1. The quantitative estimate of drug-likeness (QED) is 0.539. The fraction of sp³-hybridized carbons (Fsp3) is 0.444. The van der Waals surface area contributed by atoms with Crippen LogP contribution in [0.2, 0.25) is 0 Å². The first-order chi connectivity index (χ1) is 11.6. The van der Waals surface area contributed by atoms with E-state index in [1.807, 2.05) is 38.1 Å². The van der Waals surface area contributed by atoms with Gasteiger partial charge in [0.15, 0.2) is 0 Å². The zero-order chi connectivity index (χ0) is 17.4. The lowest BCUT2D eigenvalue weighted by Gasteiger charge is -2.27. The van der Waals surface area contributed by atoms with Gasteiger partial charge in [-0.3, -0.25) is 9.69 Å². The second kappa shape index (κ2) is 9.06. The number of carbonyl (C=O) groups is 1. The standard InChI is InChI=1S/C18H25N5O/c1-14-3-4-17(11-15(14)2)22-13-16(12-19)18(24)21-7-10-23-8-5-20-6-9-23/h3-4,11,13,20,22H,5-10H2,1-2H3,(H,21,24)/b16-13-. The van der Waals surface area contributed by atoms with E-state index in [0.717, 1.165) is 44.0 Å². The summed E-state index contributed by atoms with van der Waals surface area (Å²) in [6.07, 6.45) is 1.46. The van der Waals surface area contributed by atoms with Gasteiger partial charge in [-0.15, -0.1) is 0 Å². The molecule has 0 atom stereocenters. The van der Waals surface area contributed by atoms with Crippen molar-refractivity contribution in [2.75, 3.05) is 44.6 Å². The van der Waals surface area contributed by atoms with E-state index in [1.54, 1.807) is 0 Å². The molecular weight excluding hydrogens is 302 g/mol. The second-order valence-electron chi connectivity index (χ2n) is 5.96. The van der Waals surface area contributed by atoms with Gasteiger partial charge in [0, 0.05) is 51.2 Å². The van der Waals surface area contributed by atoms with E-state index in [1.165, 1.54) is 11.8 Å². The van der Waals surface area contributed by atoms with Gasteiger partial charge < -0.3 is 16.0 Å². The van der Waals surface area contributed by atoms with Gasteiger partial charge in [-0.25, -0.2) is 0 Å². The first kappa shape index (κ1) is 18.0. The Morgan fingerprint density at radius 2 is 2.08 bits per heavy atom. The van der Waals surface area contributed by atoms with Gasteiger partial charge in [0.05, 0.1) is 0 Å². The predicted molar refractivity (Wildman–Crippen MR) is 95.6 cm³/mol. The van der Waals surface area contributed by atoms with Gasteiger partial charge in [-0.05, 0) is 37.1 Å². The van der Waals surface area contributed by atoms with Crippen molar-refractivity contribution < 1.29 is 4.79 Å². The van der Waals surface area contributed by atoms with Crippen LogP contribution in [0.3, 0.4) is 0 Å². The Balaban J connectivity index is 1.83. The number of nitriles is 1. The van der Waals surface area contributed by atoms with E-state index in [0.29, 0.717) is 6.54 Å². The van der Waals surface area contributed by atoms with Crippen molar-refractivity contribution in [2.24, 2.45) is 0 Å². The lowest BCUT2D eigenvalue weighted by molar-refractivity contribution is -0.117. The number of nitrogens with zero attached hydrogens (tertiary/aromatic N) is 2. The normalized spacial score (nSPS) is 15.6. The molecule has 1 aliphatic heterocycles. The third-order valence-electron chi connectivity index (χ3n) is 4.18. The van der Waals surface area contributed by atoms with Gasteiger partial charge in [0.25, 0.3) is 5.91 Å². The summed E-state index contributed by atoms with van der Waals surface area (Å²) in [7, 11) is 0. The second-order valence-corrected chi connectivity index (χ2v) is 5.96. The molecule has 6 nitrogen and oxygen atoms in total. The van der Waals surface area contributed by atoms with Crippen LogP contribution in [0.25, 0.3) is 0 Å². The summed E-state index contributed by atoms with van der Waals surface area (Å²) in [5.74, 6) is -0.344. The van der Waals surface area contributed by atoms with Gasteiger partial charge in [-0.2, -0.15) is 5.26 Å². The highest BCUT2D eigenvalue weighted by Crippen LogP contribution is 2.14. The molecule has 1 aliphatic rings. The summed E-state index contributed by atoms with van der Waals surface area (Å²) in [6, 6.07) is 7.87. The molecule has 1 amide bonds. The fourth-order valence-electron chi connectivity index (χ4n) is 2.49. The predicted octanol–water partition coefficient (Wildman–Crippen LogP) is 1.14. The number of aryl methyl sites for hydroxylation is 2. The van der Waals surface area contributed by atoms with Crippen LogP contribution in [0.5, 0.6) is 0 Å². The number of hydrogen-bond donors (Lipinski definition) is 3. The summed E-state index contributed by atoms with van der Waals surface area (Å²) >= 11 is 0. The van der Waals surface area contributed by atoms with Gasteiger partial charge in [0.2, 0.25) is 0 Å². The Kier molecular flexibility index (Phi) is 6.79. The average molecular weight is 327 g/mol. The van der Waals surface area contributed by atoms with Crippen LogP contribution < -0.4 is 16.0 Å². The zero-order valence-corrected chi connectivity index (χ0v) is 14.4. The van der Waals surface area contributed by atoms with E-state index < -0.39 is 0 Å². The smallest absolute Gasteiger partial charge is 0.263 e. The highest BCUT2D eigenvalue weighted by atomic mass is 16.1. The van der Waals surface area contributed by atoms with Crippen LogP contribution >= 0.6 is 0 Å². The SMILES string of the molecule is Cc1ccc(N/C=C(/C#N)C(=O)NCCN2CCNCC2)cc1C. The summed E-state index contributed by atoms with van der Waals surface area (Å²) < 4.78 is 0. The van der Waals surface area contributed by atoms with Crippen LogP contribution in [-0.2, 0) is 4.79 Å². The Hall–Kier alpha value is -2.36. The molecule has 1 heterocycles. The Morgan fingerprint density at radius 3 is 2.75 bits per heavy atom. The molecule has 0 unspecified atom stereocenters. The molecule has 0 bridgehead atoms. The molecule has 2 rings (SSSR count). The van der Waals surface area contributed by atoms with E-state index in [9.17, 15) is 10.1 Å². The van der Waals surface area contributed by atoms with Crippen LogP contribution in [0.1, 0.15) is 11.1 Å². The molecule has 6 heteroatoms. The lowest BCUT2D eigenvalue weighted by Crippen LogP contribution is -2.46. The Bertz CT molecular complexity index is 641. The number of amides is 1. The minimum absolute atomic E-state index is 0.0774. The molecule has 0 radical (unpaired) electrons. The summed E-state index contributed by atoms with van der Waals surface area (Å²) in [5.41, 5.74) is 3.30. The number of benzene rings is 1. The maximum absolute atomic E-state index is 12.1. The monoisotopic (exact) mass is 327 g/mol. The summed E-state index contributed by atoms with van der Waals surface area (Å²) in [6.45, 7) is 9.36. The van der Waals surface area contributed by atoms with Gasteiger partial charge >= 0.3 is 0 Å². The molecule has 24 heavy (non-hydrogen) atoms. The van der Waals surface area contributed by atoms with Crippen molar-refractivity contribution in [3.05, 3.63) is 41.1 Å². The number of carbonyl (C=O) groups excluding carboxylic acids is 1. The maximum atomic E-state index is 12.1. The third kappa shape index (κ3) is 5.37. The van der Waals surface area contributed by atoms with Crippen LogP contribution in [0.15, 0.2) is 30.0 Å². The Labute approximate surface area is 143 Å². The van der Waals surface area contributed by atoms with E-state index >= 15 is 0 Å². The van der Waals surface area contributed by atoms with E-state index in [2.05, 4.69) is 20.9 Å². The zero-order valence-electron chi connectivity index (χ0n) is 14.4. The van der Waals surface area contributed by atoms with Crippen molar-refractivity contribution in [3.8, 4) is 6.07 Å². The molecule has 0 aromatic heterocycles. The molecule has 1 fully saturated rings. The minimum atomic E-state index is -0.344. The minimum Gasteiger partial charge on any atom is -0.360 e. The van der Waals surface area contributed by atoms with Crippen molar-refractivity contribution in [3.63, 3.8) is 0 Å². The van der Waals surface area contributed by atoms with E-state index in [4.69, 9.17) is 0 Å². The molecule has 1 aromatic carbocycles. The topological polar surface area (TPSA) is 80.2 Å². The fourth-order valence-corrected chi connectivity index (χ4v) is 2.49. The number of rotatable bonds is 6. The number of piperazine rings is 1. The summed E-state index contributed by atoms with van der Waals surface area (Å²) in [5, 5.41) is 18.3. The van der Waals surface area contributed by atoms with Crippen LogP contribution in [-0.4, -0.2) is 50.1 Å². The molecule has 1 aromatic rings. The maximum Gasteiger partial charge on any atom is 0.263 e. The first-order valence-corrected chi connectivity index (χ1v) is 8.25. The number of nitrogens with one attached hydrogen (secondary N) is 3. The molecule has 0 saturated carbocycles. The van der Waals surface area contributed by atoms with Crippen LogP contribution in [0, 0.1) is 25.2 Å². The third-order valence-corrected chi connectivity index (χ3v) is 4.18. The lowest BCUT2D eigenvalue weighted by atomic mass is 10.1. The average Bonchev–Trinajstić information content (AvgIpc) is 2.59. The first-order valence-electron chi connectivity index (χ1n) is 8.25. The van der Waals surface area contributed by atoms with E-state index in [-0.39, 0.29) is 11.5 Å². The van der Waals surface area contributed by atoms with Crippen molar-refractivity contribution in [1.29, 1.82) is 5.26 Å². The highest BCUT2D eigenvalue weighted by molar-refractivity contribution is 5.97. The molecule has 128 valence electrons. The van der Waals surface area contributed by atoms with Gasteiger partial charge in [-0.1, -0.05) is 6.07 Å². The van der Waals surface area contributed by atoms with Crippen molar-refractivity contribution in [2.45, 2.75) is 13.8 Å². The largest absolute Gasteiger partial charge is 0.360 e. The van der Waals surface area contributed by atoms with Gasteiger partial charge in [0.1, 0.15) is 11.6 Å². The number of hydrogen-bond acceptors (Lipinski definition) is 5. The van der Waals surface area contributed by atoms with Crippen molar-refractivity contribution in [1.82, 2.24) is 15.5 Å². The molecule has 1 saturated heterocycles. The molecule has 3 N–H and O–H groups in total. The summed E-state index contributed by atoms with van der Waals surface area (Å²) in [4.78, 5) is 14.4. The molecule has 0 spiro atoms. The molecular formula is C18H25N5O.